The number of carbonyl (C=O) groups is 1. The highest BCUT2D eigenvalue weighted by atomic mass is 16.1. The molecule has 1 aromatic rings. The van der Waals surface area contributed by atoms with Gasteiger partial charge in [-0.1, -0.05) is 36.8 Å². The van der Waals surface area contributed by atoms with E-state index in [0.717, 1.165) is 24.0 Å². The Labute approximate surface area is 102 Å². The Hall–Kier alpha value is -1.62. The molecule has 2 heteroatoms. The normalized spacial score (nSPS) is 18.2. The van der Waals surface area contributed by atoms with Gasteiger partial charge in [-0.2, -0.15) is 5.26 Å². The maximum absolute atomic E-state index is 12.2. The first-order valence-corrected chi connectivity index (χ1v) is 6.13. The molecule has 2 nitrogen and oxygen atoms in total. The van der Waals surface area contributed by atoms with Crippen molar-refractivity contribution in [3.8, 4) is 6.07 Å². The largest absolute Gasteiger partial charge is 0.298 e. The zero-order chi connectivity index (χ0) is 12.4. The first-order valence-electron chi connectivity index (χ1n) is 6.13. The number of nitriles is 1. The molecular formula is C15H17NO. The van der Waals surface area contributed by atoms with Crippen LogP contribution < -0.4 is 0 Å². The van der Waals surface area contributed by atoms with Crippen LogP contribution in [0, 0.1) is 30.1 Å². The average Bonchev–Trinajstić information content (AvgIpc) is 3.15. The number of nitrogens with zero attached hydrogens (tertiary/aromatic N) is 1. The number of hydrogen-bond donors (Lipinski definition) is 0. The highest BCUT2D eigenvalue weighted by Crippen LogP contribution is 2.39. The van der Waals surface area contributed by atoms with Gasteiger partial charge in [-0.15, -0.1) is 0 Å². The lowest BCUT2D eigenvalue weighted by Gasteiger charge is -2.14. The van der Waals surface area contributed by atoms with Crippen molar-refractivity contribution in [2.75, 3.05) is 0 Å². The van der Waals surface area contributed by atoms with Gasteiger partial charge in [-0.3, -0.25) is 4.79 Å². The molecule has 2 rings (SSSR count). The molecule has 0 N–H and O–H groups in total. The van der Waals surface area contributed by atoms with Crippen LogP contribution in [-0.2, 0) is 4.79 Å². The molecule has 1 fully saturated rings. The zero-order valence-electron chi connectivity index (χ0n) is 10.3. The monoisotopic (exact) mass is 227 g/mol. The van der Waals surface area contributed by atoms with Crippen LogP contribution >= 0.6 is 0 Å². The number of aryl methyl sites for hydroxylation is 1. The van der Waals surface area contributed by atoms with Gasteiger partial charge < -0.3 is 0 Å². The Bertz CT molecular complexity index is 451. The van der Waals surface area contributed by atoms with E-state index in [1.54, 1.807) is 0 Å². The summed E-state index contributed by atoms with van der Waals surface area (Å²) in [6, 6.07) is 9.84. The molecule has 0 aromatic heterocycles. The smallest absolute Gasteiger partial charge is 0.157 e. The molecule has 0 saturated heterocycles. The van der Waals surface area contributed by atoms with E-state index < -0.39 is 5.92 Å². The van der Waals surface area contributed by atoms with Crippen LogP contribution in [0.25, 0.3) is 0 Å². The number of hydrogen-bond acceptors (Lipinski definition) is 2. The number of rotatable bonds is 4. The molecule has 1 aliphatic rings. The Morgan fingerprint density at radius 3 is 2.41 bits per heavy atom. The summed E-state index contributed by atoms with van der Waals surface area (Å²) in [5.41, 5.74) is 1.98. The molecule has 0 bridgehead atoms. The van der Waals surface area contributed by atoms with Crippen molar-refractivity contribution in [2.45, 2.75) is 32.6 Å². The molecule has 1 aliphatic carbocycles. The number of ketones is 1. The first kappa shape index (κ1) is 11.9. The van der Waals surface area contributed by atoms with E-state index in [4.69, 9.17) is 0 Å². The fourth-order valence-electron chi connectivity index (χ4n) is 2.15. The molecule has 17 heavy (non-hydrogen) atoms. The third-order valence-electron chi connectivity index (χ3n) is 3.60. The predicted octanol–water partition coefficient (Wildman–Crippen LogP) is 3.22. The maximum atomic E-state index is 12.2. The summed E-state index contributed by atoms with van der Waals surface area (Å²) in [5.74, 6) is 0.0369. The van der Waals surface area contributed by atoms with E-state index >= 15 is 0 Å². The maximum Gasteiger partial charge on any atom is 0.157 e. The molecule has 1 saturated carbocycles. The van der Waals surface area contributed by atoms with Crippen LogP contribution in [0.4, 0.5) is 0 Å². The van der Waals surface area contributed by atoms with E-state index in [0.29, 0.717) is 5.92 Å². The highest BCUT2D eigenvalue weighted by Gasteiger charge is 2.36. The van der Waals surface area contributed by atoms with Crippen LogP contribution in [0.2, 0.25) is 0 Å². The van der Waals surface area contributed by atoms with Crippen LogP contribution in [0.15, 0.2) is 24.3 Å². The summed E-state index contributed by atoms with van der Waals surface area (Å²) in [7, 11) is 0. The van der Waals surface area contributed by atoms with Crippen molar-refractivity contribution in [3.63, 3.8) is 0 Å². The van der Waals surface area contributed by atoms with E-state index in [1.807, 2.05) is 38.1 Å². The van der Waals surface area contributed by atoms with E-state index in [1.165, 1.54) is 0 Å². The van der Waals surface area contributed by atoms with Gasteiger partial charge in [0.15, 0.2) is 5.78 Å². The van der Waals surface area contributed by atoms with Crippen LogP contribution in [0.1, 0.15) is 36.8 Å². The predicted molar refractivity (Wildman–Crippen MR) is 66.4 cm³/mol. The quantitative estimate of drug-likeness (QED) is 0.792. The Balaban J connectivity index is 2.18. The van der Waals surface area contributed by atoms with Crippen molar-refractivity contribution in [1.29, 1.82) is 5.26 Å². The molecule has 0 aliphatic heterocycles. The SMILES string of the molecule is Cc1ccc(C(C#N)C(=O)C(C)C2CC2)cc1. The van der Waals surface area contributed by atoms with E-state index in [-0.39, 0.29) is 11.7 Å². The van der Waals surface area contributed by atoms with Gasteiger partial charge in [0.25, 0.3) is 0 Å². The standard InChI is InChI=1S/C15H17NO/c1-10-3-5-13(6-4-10)14(9-16)15(17)11(2)12-7-8-12/h3-6,11-12,14H,7-8H2,1-2H3. The minimum atomic E-state index is -0.591. The molecule has 88 valence electrons. The molecular weight excluding hydrogens is 210 g/mol. The second kappa shape index (κ2) is 4.71. The van der Waals surface area contributed by atoms with Crippen molar-refractivity contribution in [1.82, 2.24) is 0 Å². The van der Waals surface area contributed by atoms with Crippen molar-refractivity contribution < 1.29 is 4.79 Å². The van der Waals surface area contributed by atoms with Gasteiger partial charge in [-0.25, -0.2) is 0 Å². The molecule has 0 heterocycles. The molecule has 1 aromatic carbocycles. The topological polar surface area (TPSA) is 40.9 Å². The van der Waals surface area contributed by atoms with Gasteiger partial charge in [-0.05, 0) is 31.2 Å². The minimum absolute atomic E-state index is 0.0287. The Morgan fingerprint density at radius 2 is 1.94 bits per heavy atom. The molecule has 2 unspecified atom stereocenters. The first-order chi connectivity index (χ1) is 8.13. The summed E-state index contributed by atoms with van der Waals surface area (Å²) < 4.78 is 0. The van der Waals surface area contributed by atoms with Gasteiger partial charge in [0.1, 0.15) is 5.92 Å². The second-order valence-corrected chi connectivity index (χ2v) is 5.00. The van der Waals surface area contributed by atoms with E-state index in [2.05, 4.69) is 6.07 Å². The summed E-state index contributed by atoms with van der Waals surface area (Å²) in [6.07, 6.45) is 2.28. The minimum Gasteiger partial charge on any atom is -0.298 e. The van der Waals surface area contributed by atoms with Crippen LogP contribution in [0.5, 0.6) is 0 Å². The second-order valence-electron chi connectivity index (χ2n) is 5.00. The van der Waals surface area contributed by atoms with Gasteiger partial charge >= 0.3 is 0 Å². The lowest BCUT2D eigenvalue weighted by Crippen LogP contribution is -2.20. The molecule has 0 spiro atoms. The lowest BCUT2D eigenvalue weighted by molar-refractivity contribution is -0.123. The number of Topliss-reactive ketones (excluding diaryl/α,β-unsaturated/α-hetero) is 1. The number of carbonyl (C=O) groups excluding carboxylic acids is 1. The highest BCUT2D eigenvalue weighted by molar-refractivity contribution is 5.90. The molecule has 0 radical (unpaired) electrons. The van der Waals surface area contributed by atoms with Crippen molar-refractivity contribution in [3.05, 3.63) is 35.4 Å². The van der Waals surface area contributed by atoms with Crippen molar-refractivity contribution >= 4 is 5.78 Å². The molecule has 0 amide bonds. The summed E-state index contributed by atoms with van der Waals surface area (Å²) >= 11 is 0. The van der Waals surface area contributed by atoms with Gasteiger partial charge in [0.05, 0.1) is 6.07 Å². The third kappa shape index (κ3) is 2.55. The van der Waals surface area contributed by atoms with Crippen LogP contribution in [-0.4, -0.2) is 5.78 Å². The Morgan fingerprint density at radius 1 is 1.35 bits per heavy atom. The van der Waals surface area contributed by atoms with Crippen LogP contribution in [0.3, 0.4) is 0 Å². The fourth-order valence-corrected chi connectivity index (χ4v) is 2.15. The lowest BCUT2D eigenvalue weighted by atomic mass is 9.86. The average molecular weight is 227 g/mol. The van der Waals surface area contributed by atoms with E-state index in [9.17, 15) is 10.1 Å². The number of benzene rings is 1. The Kier molecular flexibility index (Phi) is 3.28. The summed E-state index contributed by atoms with van der Waals surface area (Å²) in [4.78, 5) is 12.2. The zero-order valence-corrected chi connectivity index (χ0v) is 10.3. The van der Waals surface area contributed by atoms with Gasteiger partial charge in [0, 0.05) is 5.92 Å². The molecule has 2 atom stereocenters. The van der Waals surface area contributed by atoms with Gasteiger partial charge in [0.2, 0.25) is 0 Å². The summed E-state index contributed by atoms with van der Waals surface area (Å²) in [6.45, 7) is 3.96. The van der Waals surface area contributed by atoms with Crippen molar-refractivity contribution in [2.24, 2.45) is 11.8 Å². The third-order valence-corrected chi connectivity index (χ3v) is 3.60. The fraction of sp³-hybridized carbons (Fsp3) is 0.467. The summed E-state index contributed by atoms with van der Waals surface area (Å²) in [5, 5.41) is 9.20.